The predicted octanol–water partition coefficient (Wildman–Crippen LogP) is 2.26. The van der Waals surface area contributed by atoms with Gasteiger partial charge in [-0.3, -0.25) is 11.3 Å². The first-order valence-corrected chi connectivity index (χ1v) is 6.40. The lowest BCUT2D eigenvalue weighted by Gasteiger charge is -2.11. The molecule has 80 valence electrons. The molecule has 0 aliphatic heterocycles. The lowest BCUT2D eigenvalue weighted by molar-refractivity contribution is 0.559. The highest BCUT2D eigenvalue weighted by Gasteiger charge is 2.13. The normalized spacial score (nSPS) is 12.9. The fourth-order valence-electron chi connectivity index (χ4n) is 1.41. The molecule has 2 aromatic heterocycles. The molecule has 0 saturated carbocycles. The van der Waals surface area contributed by atoms with E-state index in [0.717, 1.165) is 11.4 Å². The van der Waals surface area contributed by atoms with Crippen molar-refractivity contribution in [1.82, 2.24) is 10.4 Å². The molecule has 0 aliphatic rings. The summed E-state index contributed by atoms with van der Waals surface area (Å²) in [7, 11) is 0. The van der Waals surface area contributed by atoms with Gasteiger partial charge in [-0.2, -0.15) is 0 Å². The average molecular weight is 239 g/mol. The summed E-state index contributed by atoms with van der Waals surface area (Å²) in [5, 5.41) is 3.10. The van der Waals surface area contributed by atoms with Crippen molar-refractivity contribution < 1.29 is 0 Å². The van der Waals surface area contributed by atoms with Gasteiger partial charge in [-0.05, 0) is 19.1 Å². The Morgan fingerprint density at radius 2 is 2.40 bits per heavy atom. The van der Waals surface area contributed by atoms with Crippen molar-refractivity contribution in [1.29, 1.82) is 0 Å². The molecule has 0 bridgehead atoms. The highest BCUT2D eigenvalue weighted by Crippen LogP contribution is 2.25. The lowest BCUT2D eigenvalue weighted by atomic mass is 10.2. The van der Waals surface area contributed by atoms with Crippen molar-refractivity contribution in [2.75, 3.05) is 0 Å². The van der Waals surface area contributed by atoms with Crippen LogP contribution in [0.15, 0.2) is 23.7 Å². The molecule has 1 atom stereocenters. The maximum Gasteiger partial charge on any atom is 0.0944 e. The van der Waals surface area contributed by atoms with E-state index in [9.17, 15) is 0 Å². The van der Waals surface area contributed by atoms with Crippen LogP contribution in [-0.4, -0.2) is 4.98 Å². The van der Waals surface area contributed by atoms with Crippen LogP contribution < -0.4 is 11.3 Å². The molecule has 2 rings (SSSR count). The number of rotatable bonds is 4. The molecule has 15 heavy (non-hydrogen) atoms. The molecule has 0 spiro atoms. The minimum absolute atomic E-state index is 0.176. The Morgan fingerprint density at radius 1 is 1.53 bits per heavy atom. The number of hydrazine groups is 1. The summed E-state index contributed by atoms with van der Waals surface area (Å²) >= 11 is 3.44. The molecule has 3 N–H and O–H groups in total. The highest BCUT2D eigenvalue weighted by molar-refractivity contribution is 7.12. The smallest absolute Gasteiger partial charge is 0.0944 e. The third-order valence-electron chi connectivity index (χ3n) is 2.17. The lowest BCUT2D eigenvalue weighted by Crippen LogP contribution is -2.28. The number of thiophene rings is 1. The molecule has 0 aliphatic carbocycles. The maximum atomic E-state index is 5.56. The number of aryl methyl sites for hydroxylation is 1. The third kappa shape index (κ3) is 2.63. The summed E-state index contributed by atoms with van der Waals surface area (Å²) in [4.78, 5) is 6.84. The molecule has 0 saturated heterocycles. The minimum Gasteiger partial charge on any atom is -0.271 e. The van der Waals surface area contributed by atoms with E-state index in [0.29, 0.717) is 0 Å². The number of hydrogen-bond donors (Lipinski definition) is 2. The minimum atomic E-state index is 0.176. The van der Waals surface area contributed by atoms with Gasteiger partial charge < -0.3 is 0 Å². The molecular formula is C10H13N3S2. The average Bonchev–Trinajstić information content (AvgIpc) is 2.85. The summed E-state index contributed by atoms with van der Waals surface area (Å²) in [6.45, 7) is 2.10. The SMILES string of the molecule is Cc1ccc(C(Cc2nccs2)NN)s1. The van der Waals surface area contributed by atoms with Gasteiger partial charge >= 0.3 is 0 Å². The van der Waals surface area contributed by atoms with Crippen molar-refractivity contribution in [3.8, 4) is 0 Å². The van der Waals surface area contributed by atoms with Crippen LogP contribution in [0.25, 0.3) is 0 Å². The first-order valence-electron chi connectivity index (χ1n) is 4.70. The molecule has 2 heterocycles. The highest BCUT2D eigenvalue weighted by atomic mass is 32.1. The van der Waals surface area contributed by atoms with Crippen LogP contribution in [-0.2, 0) is 6.42 Å². The predicted molar refractivity (Wildman–Crippen MR) is 64.9 cm³/mol. The van der Waals surface area contributed by atoms with Crippen LogP contribution in [0.1, 0.15) is 20.8 Å². The summed E-state index contributed by atoms with van der Waals surface area (Å²) in [5.41, 5.74) is 2.85. The molecule has 1 unspecified atom stereocenters. The molecule has 2 aromatic rings. The Balaban J connectivity index is 2.11. The van der Waals surface area contributed by atoms with Gasteiger partial charge in [0.1, 0.15) is 0 Å². The van der Waals surface area contributed by atoms with E-state index in [1.807, 2.05) is 11.6 Å². The van der Waals surface area contributed by atoms with Gasteiger partial charge in [0.15, 0.2) is 0 Å². The Morgan fingerprint density at radius 3 is 2.93 bits per heavy atom. The zero-order chi connectivity index (χ0) is 10.7. The zero-order valence-corrected chi connectivity index (χ0v) is 10.1. The van der Waals surface area contributed by atoms with Crippen LogP contribution in [0.5, 0.6) is 0 Å². The Bertz CT molecular complexity index is 408. The third-order valence-corrected chi connectivity index (χ3v) is 4.08. The van der Waals surface area contributed by atoms with Crippen LogP contribution in [0, 0.1) is 6.92 Å². The molecule has 3 nitrogen and oxygen atoms in total. The summed E-state index contributed by atoms with van der Waals surface area (Å²) in [6.07, 6.45) is 2.68. The second kappa shape index (κ2) is 4.85. The van der Waals surface area contributed by atoms with Crippen molar-refractivity contribution in [3.63, 3.8) is 0 Å². The zero-order valence-electron chi connectivity index (χ0n) is 8.43. The van der Waals surface area contributed by atoms with Crippen molar-refractivity contribution in [2.45, 2.75) is 19.4 Å². The first kappa shape index (κ1) is 10.8. The fraction of sp³-hybridized carbons (Fsp3) is 0.300. The van der Waals surface area contributed by atoms with Gasteiger partial charge in [-0.1, -0.05) is 0 Å². The standard InChI is InChI=1S/C10H13N3S2/c1-7-2-3-9(15-7)8(13-11)6-10-12-4-5-14-10/h2-5,8,13H,6,11H2,1H3. The summed E-state index contributed by atoms with van der Waals surface area (Å²) < 4.78 is 0. The van der Waals surface area contributed by atoms with E-state index >= 15 is 0 Å². The van der Waals surface area contributed by atoms with Crippen LogP contribution in [0.4, 0.5) is 0 Å². The monoisotopic (exact) mass is 239 g/mol. The maximum absolute atomic E-state index is 5.56. The number of aromatic nitrogens is 1. The number of nitrogens with two attached hydrogens (primary N) is 1. The number of thiazole rings is 1. The summed E-state index contributed by atoms with van der Waals surface area (Å²) in [6, 6.07) is 4.42. The fourth-order valence-corrected chi connectivity index (χ4v) is 3.01. The number of nitrogens with one attached hydrogen (secondary N) is 1. The van der Waals surface area contributed by atoms with Crippen molar-refractivity contribution in [3.05, 3.63) is 38.5 Å². The Hall–Kier alpha value is -0.750. The second-order valence-electron chi connectivity index (χ2n) is 3.30. The largest absolute Gasteiger partial charge is 0.271 e. The summed E-state index contributed by atoms with van der Waals surface area (Å²) in [5.74, 6) is 5.56. The first-order chi connectivity index (χ1) is 7.29. The van der Waals surface area contributed by atoms with Gasteiger partial charge in [0, 0.05) is 27.8 Å². The van der Waals surface area contributed by atoms with Gasteiger partial charge in [0.05, 0.1) is 11.0 Å². The molecule has 0 fully saturated rings. The van der Waals surface area contributed by atoms with Gasteiger partial charge in [0.25, 0.3) is 0 Å². The molecule has 5 heteroatoms. The van der Waals surface area contributed by atoms with E-state index in [4.69, 9.17) is 5.84 Å². The van der Waals surface area contributed by atoms with Gasteiger partial charge in [0.2, 0.25) is 0 Å². The molecular weight excluding hydrogens is 226 g/mol. The molecule has 0 radical (unpaired) electrons. The number of nitrogens with zero attached hydrogens (tertiary/aromatic N) is 1. The van der Waals surface area contributed by atoms with Crippen molar-refractivity contribution in [2.24, 2.45) is 5.84 Å². The van der Waals surface area contributed by atoms with Crippen LogP contribution in [0.2, 0.25) is 0 Å². The second-order valence-corrected chi connectivity index (χ2v) is 5.60. The van der Waals surface area contributed by atoms with E-state index in [1.54, 1.807) is 22.7 Å². The van der Waals surface area contributed by atoms with Crippen LogP contribution in [0.3, 0.4) is 0 Å². The van der Waals surface area contributed by atoms with Crippen LogP contribution >= 0.6 is 22.7 Å². The van der Waals surface area contributed by atoms with E-state index in [1.165, 1.54) is 9.75 Å². The van der Waals surface area contributed by atoms with E-state index in [2.05, 4.69) is 29.5 Å². The van der Waals surface area contributed by atoms with Gasteiger partial charge in [-0.25, -0.2) is 4.98 Å². The van der Waals surface area contributed by atoms with E-state index < -0.39 is 0 Å². The molecule has 0 aromatic carbocycles. The van der Waals surface area contributed by atoms with E-state index in [-0.39, 0.29) is 6.04 Å². The van der Waals surface area contributed by atoms with Crippen molar-refractivity contribution >= 4 is 22.7 Å². The Labute approximate surface area is 96.9 Å². The Kier molecular flexibility index (Phi) is 3.48. The number of hydrogen-bond acceptors (Lipinski definition) is 5. The quantitative estimate of drug-likeness (QED) is 0.635. The molecule has 0 amide bonds. The topological polar surface area (TPSA) is 50.9 Å². The van der Waals surface area contributed by atoms with Gasteiger partial charge in [-0.15, -0.1) is 22.7 Å².